The third-order valence-electron chi connectivity index (χ3n) is 2.97. The van der Waals surface area contributed by atoms with Crippen molar-refractivity contribution >= 4 is 21.6 Å². The Morgan fingerprint density at radius 3 is 2.74 bits per heavy atom. The van der Waals surface area contributed by atoms with Crippen LogP contribution in [0.2, 0.25) is 0 Å². The molecular formula is C15H13NO2S. The molecule has 0 aliphatic carbocycles. The summed E-state index contributed by atoms with van der Waals surface area (Å²) in [7, 11) is 1.54. The predicted octanol–water partition coefficient (Wildman–Crippen LogP) is 3.99. The number of phenols is 1. The number of fused-ring (bicyclic) bond motifs is 1. The minimum absolute atomic E-state index is 0.135. The minimum atomic E-state index is 0.135. The average Bonchev–Trinajstić information content (AvgIpc) is 2.81. The number of ether oxygens (including phenoxy) is 1. The fourth-order valence-electron chi connectivity index (χ4n) is 1.98. The van der Waals surface area contributed by atoms with E-state index in [-0.39, 0.29) is 5.75 Å². The monoisotopic (exact) mass is 271 g/mol. The minimum Gasteiger partial charge on any atom is -0.504 e. The first-order valence-corrected chi connectivity index (χ1v) is 6.73. The molecule has 0 amide bonds. The van der Waals surface area contributed by atoms with E-state index in [2.05, 4.69) is 30.1 Å². The molecule has 0 spiro atoms. The topological polar surface area (TPSA) is 42.4 Å². The van der Waals surface area contributed by atoms with E-state index >= 15 is 0 Å². The van der Waals surface area contributed by atoms with E-state index in [4.69, 9.17) is 4.74 Å². The van der Waals surface area contributed by atoms with Crippen LogP contribution in [0.5, 0.6) is 11.5 Å². The Bertz CT molecular complexity index is 749. The number of aromatic hydroxyl groups is 1. The molecule has 0 saturated carbocycles. The Labute approximate surface area is 115 Å². The van der Waals surface area contributed by atoms with Crippen LogP contribution >= 0.6 is 11.3 Å². The summed E-state index contributed by atoms with van der Waals surface area (Å²) in [4.78, 5) is 4.61. The summed E-state index contributed by atoms with van der Waals surface area (Å²) < 4.78 is 6.19. The molecule has 0 unspecified atom stereocenters. The molecule has 0 aliphatic rings. The molecule has 2 aromatic carbocycles. The van der Waals surface area contributed by atoms with Crippen LogP contribution in [0.3, 0.4) is 0 Å². The van der Waals surface area contributed by atoms with Crippen molar-refractivity contribution in [3.8, 4) is 22.1 Å². The van der Waals surface area contributed by atoms with Gasteiger partial charge in [-0.25, -0.2) is 4.98 Å². The van der Waals surface area contributed by atoms with Crippen molar-refractivity contribution in [2.75, 3.05) is 7.11 Å². The normalized spacial score (nSPS) is 10.8. The number of nitrogens with zero attached hydrogens (tertiary/aromatic N) is 1. The van der Waals surface area contributed by atoms with Crippen LogP contribution in [0, 0.1) is 6.92 Å². The van der Waals surface area contributed by atoms with Gasteiger partial charge in [0.25, 0.3) is 0 Å². The van der Waals surface area contributed by atoms with Crippen LogP contribution in [0.25, 0.3) is 20.8 Å². The predicted molar refractivity (Wildman–Crippen MR) is 78.0 cm³/mol. The van der Waals surface area contributed by atoms with Crippen molar-refractivity contribution in [1.29, 1.82) is 0 Å². The van der Waals surface area contributed by atoms with Gasteiger partial charge in [-0.3, -0.25) is 0 Å². The lowest BCUT2D eigenvalue weighted by molar-refractivity contribution is 0.373. The molecule has 0 aliphatic heterocycles. The van der Waals surface area contributed by atoms with Crippen LogP contribution < -0.4 is 4.74 Å². The smallest absolute Gasteiger partial charge is 0.160 e. The lowest BCUT2D eigenvalue weighted by Gasteiger charge is -2.03. The molecule has 3 nitrogen and oxygen atoms in total. The Morgan fingerprint density at radius 2 is 2.00 bits per heavy atom. The number of aryl methyl sites for hydroxylation is 1. The van der Waals surface area contributed by atoms with Gasteiger partial charge in [-0.05, 0) is 42.8 Å². The van der Waals surface area contributed by atoms with Crippen LogP contribution in [0.15, 0.2) is 36.4 Å². The number of rotatable bonds is 2. The first-order chi connectivity index (χ1) is 9.17. The zero-order chi connectivity index (χ0) is 13.4. The van der Waals surface area contributed by atoms with E-state index in [9.17, 15) is 5.11 Å². The maximum absolute atomic E-state index is 9.82. The van der Waals surface area contributed by atoms with Crippen LogP contribution in [-0.4, -0.2) is 17.2 Å². The zero-order valence-electron chi connectivity index (χ0n) is 10.7. The lowest BCUT2D eigenvalue weighted by atomic mass is 10.2. The largest absolute Gasteiger partial charge is 0.504 e. The van der Waals surface area contributed by atoms with E-state index in [0.717, 1.165) is 20.8 Å². The number of thiazole rings is 1. The molecule has 1 N–H and O–H groups in total. The van der Waals surface area contributed by atoms with E-state index in [1.807, 2.05) is 6.07 Å². The van der Waals surface area contributed by atoms with Gasteiger partial charge in [-0.1, -0.05) is 6.07 Å². The molecule has 96 valence electrons. The molecular weight excluding hydrogens is 258 g/mol. The van der Waals surface area contributed by atoms with Crippen LogP contribution in [-0.2, 0) is 0 Å². The summed E-state index contributed by atoms with van der Waals surface area (Å²) in [6.07, 6.45) is 0. The third kappa shape index (κ3) is 2.15. The fraction of sp³-hybridized carbons (Fsp3) is 0.133. The third-order valence-corrected chi connectivity index (χ3v) is 4.05. The molecule has 0 atom stereocenters. The summed E-state index contributed by atoms with van der Waals surface area (Å²) in [6, 6.07) is 11.6. The summed E-state index contributed by atoms with van der Waals surface area (Å²) in [5.41, 5.74) is 3.09. The number of methoxy groups -OCH3 is 1. The van der Waals surface area contributed by atoms with Crippen LogP contribution in [0.1, 0.15) is 5.56 Å². The van der Waals surface area contributed by atoms with E-state index in [1.165, 1.54) is 12.7 Å². The number of benzene rings is 2. The van der Waals surface area contributed by atoms with E-state index in [0.29, 0.717) is 5.75 Å². The van der Waals surface area contributed by atoms with Gasteiger partial charge in [0.15, 0.2) is 11.5 Å². The molecule has 1 heterocycles. The molecule has 4 heteroatoms. The quantitative estimate of drug-likeness (QED) is 0.766. The summed E-state index contributed by atoms with van der Waals surface area (Å²) >= 11 is 1.62. The molecule has 0 fully saturated rings. The van der Waals surface area contributed by atoms with Gasteiger partial charge < -0.3 is 9.84 Å². The van der Waals surface area contributed by atoms with Gasteiger partial charge in [0.05, 0.1) is 17.3 Å². The van der Waals surface area contributed by atoms with Gasteiger partial charge in [-0.15, -0.1) is 11.3 Å². The second-order valence-corrected chi connectivity index (χ2v) is 5.41. The molecule has 0 bridgehead atoms. The number of phenolic OH excluding ortho intramolecular Hbond substituents is 1. The Hall–Kier alpha value is -2.07. The zero-order valence-corrected chi connectivity index (χ0v) is 11.5. The van der Waals surface area contributed by atoms with Gasteiger partial charge >= 0.3 is 0 Å². The second kappa shape index (κ2) is 4.55. The number of aromatic nitrogens is 1. The average molecular weight is 271 g/mol. The summed E-state index contributed by atoms with van der Waals surface area (Å²) in [5.74, 6) is 0.608. The second-order valence-electron chi connectivity index (χ2n) is 4.38. The first-order valence-electron chi connectivity index (χ1n) is 5.92. The molecule has 3 rings (SSSR count). The van der Waals surface area contributed by atoms with Crippen molar-refractivity contribution in [2.45, 2.75) is 6.92 Å². The van der Waals surface area contributed by atoms with Gasteiger partial charge in [-0.2, -0.15) is 0 Å². The SMILES string of the molecule is COc1ccc(-c2nc3cc(C)ccc3s2)cc1O. The maximum Gasteiger partial charge on any atom is 0.160 e. The number of hydrogen-bond acceptors (Lipinski definition) is 4. The molecule has 19 heavy (non-hydrogen) atoms. The van der Waals surface area contributed by atoms with E-state index < -0.39 is 0 Å². The van der Waals surface area contributed by atoms with Crippen LogP contribution in [0.4, 0.5) is 0 Å². The number of hydrogen-bond donors (Lipinski definition) is 1. The Kier molecular flexibility index (Phi) is 2.87. The van der Waals surface area contributed by atoms with Crippen molar-refractivity contribution in [3.05, 3.63) is 42.0 Å². The summed E-state index contributed by atoms with van der Waals surface area (Å²) in [6.45, 7) is 2.05. The highest BCUT2D eigenvalue weighted by Crippen LogP contribution is 2.35. The van der Waals surface area contributed by atoms with Gasteiger partial charge in [0.2, 0.25) is 0 Å². The Balaban J connectivity index is 2.11. The van der Waals surface area contributed by atoms with Crippen molar-refractivity contribution in [2.24, 2.45) is 0 Å². The highest BCUT2D eigenvalue weighted by atomic mass is 32.1. The van der Waals surface area contributed by atoms with E-state index in [1.54, 1.807) is 23.5 Å². The van der Waals surface area contributed by atoms with Crippen molar-refractivity contribution in [3.63, 3.8) is 0 Å². The molecule has 0 saturated heterocycles. The van der Waals surface area contributed by atoms with Crippen molar-refractivity contribution in [1.82, 2.24) is 4.98 Å². The highest BCUT2D eigenvalue weighted by Gasteiger charge is 2.09. The van der Waals surface area contributed by atoms with Crippen molar-refractivity contribution < 1.29 is 9.84 Å². The van der Waals surface area contributed by atoms with Gasteiger partial charge in [0.1, 0.15) is 5.01 Å². The summed E-state index contributed by atoms with van der Waals surface area (Å²) in [5, 5.41) is 10.7. The molecule has 3 aromatic rings. The standard InChI is InChI=1S/C15H13NO2S/c1-9-3-6-14-11(7-9)16-15(19-14)10-4-5-13(18-2)12(17)8-10/h3-8,17H,1-2H3. The lowest BCUT2D eigenvalue weighted by Crippen LogP contribution is -1.84. The molecule has 1 aromatic heterocycles. The molecule has 0 radical (unpaired) electrons. The van der Waals surface area contributed by atoms with Gasteiger partial charge in [0, 0.05) is 5.56 Å². The fourth-order valence-corrected chi connectivity index (χ4v) is 2.93. The Morgan fingerprint density at radius 1 is 1.16 bits per heavy atom. The maximum atomic E-state index is 9.82. The first kappa shape index (κ1) is 12.0. The highest BCUT2D eigenvalue weighted by molar-refractivity contribution is 7.21.